The fourth-order valence-electron chi connectivity index (χ4n) is 12.3. The van der Waals surface area contributed by atoms with E-state index < -0.39 is 17.9 Å². The van der Waals surface area contributed by atoms with Crippen LogP contribution in [0, 0.1) is 20.8 Å². The SMILES string of the molecule is C/C(=C\c1ccc(Cl)cc1)c1c(C)c(C(=O)N[N+]2(C)CCCCC2)nn1-c1ccc(Cl)cc1Cl.C/C(=C\c1cccc(Cl)c1)c1c(C)c(C(=O)NC(C(=O)O)c2ccccc2)nn1-c1ccc(Cl)cc1Cl.C/C(=C\c1cccc(Cl)c1)c1c(C)c(C(=O)NN2CCOCC2)nn1-c1ccc(Cl)cc1Cl. The highest BCUT2D eigenvalue weighted by Crippen LogP contribution is 2.36. The van der Waals surface area contributed by atoms with Gasteiger partial charge in [-0.05, 0) is 209 Å². The molecule has 2 saturated heterocycles. The molecule has 26 heteroatoms. The molecule has 1 atom stereocenters. The first-order valence-electron chi connectivity index (χ1n) is 33.0. The molecule has 1 unspecified atom stereocenters. The number of rotatable bonds is 17. The molecule has 0 spiro atoms. The van der Waals surface area contributed by atoms with E-state index in [1.54, 1.807) is 106 Å². The molecule has 2 aliphatic rings. The molecule has 7 aromatic carbocycles. The summed E-state index contributed by atoms with van der Waals surface area (Å²) < 4.78 is 10.9. The molecular formula is C78H73Cl9N11O6+. The lowest BCUT2D eigenvalue weighted by Gasteiger charge is -2.36. The number of hydrogen-bond donors (Lipinski definition) is 4. The summed E-state index contributed by atoms with van der Waals surface area (Å²) >= 11 is 56.3. The Morgan fingerprint density at radius 3 is 1.28 bits per heavy atom. The van der Waals surface area contributed by atoms with Crippen LogP contribution in [0.1, 0.15) is 134 Å². The predicted octanol–water partition coefficient (Wildman–Crippen LogP) is 19.9. The summed E-state index contributed by atoms with van der Waals surface area (Å²) in [5.41, 5.74) is 18.9. The van der Waals surface area contributed by atoms with Gasteiger partial charge in [0.15, 0.2) is 23.1 Å². The van der Waals surface area contributed by atoms with Crippen LogP contribution in [0.4, 0.5) is 0 Å². The van der Waals surface area contributed by atoms with Gasteiger partial charge in [0.2, 0.25) is 0 Å². The Kier molecular flexibility index (Phi) is 26.5. The van der Waals surface area contributed by atoms with Gasteiger partial charge in [-0.25, -0.2) is 28.4 Å². The first-order valence-corrected chi connectivity index (χ1v) is 36.4. The van der Waals surface area contributed by atoms with E-state index in [9.17, 15) is 24.3 Å². The number of benzene rings is 7. The normalized spacial score (nSPS) is 14.3. The number of piperidine rings is 1. The third kappa shape index (κ3) is 19.4. The van der Waals surface area contributed by atoms with Crippen LogP contribution >= 0.6 is 104 Å². The largest absolute Gasteiger partial charge is 0.479 e. The van der Waals surface area contributed by atoms with E-state index in [4.69, 9.17) is 114 Å². The monoisotopic (exact) mass is 1570 g/mol. The molecule has 104 heavy (non-hydrogen) atoms. The van der Waals surface area contributed by atoms with Crippen LogP contribution < -0.4 is 16.2 Å². The zero-order valence-corrected chi connectivity index (χ0v) is 64.5. The summed E-state index contributed by atoms with van der Waals surface area (Å²) in [6, 6.07) is 45.2. The van der Waals surface area contributed by atoms with Gasteiger partial charge in [0, 0.05) is 59.9 Å². The maximum absolute atomic E-state index is 13.4. The number of carboxylic acid groups (broad SMARTS) is 1. The van der Waals surface area contributed by atoms with Gasteiger partial charge in [-0.15, -0.1) is 0 Å². The molecule has 17 nitrogen and oxygen atoms in total. The molecule has 538 valence electrons. The molecule has 0 radical (unpaired) electrons. The average molecular weight is 1580 g/mol. The van der Waals surface area contributed by atoms with Crippen molar-refractivity contribution in [3.63, 3.8) is 0 Å². The molecule has 12 rings (SSSR count). The molecule has 4 N–H and O–H groups in total. The van der Waals surface area contributed by atoms with Gasteiger partial charge in [-0.2, -0.15) is 20.7 Å². The summed E-state index contributed by atoms with van der Waals surface area (Å²) in [6.45, 7) is 15.6. The van der Waals surface area contributed by atoms with Crippen molar-refractivity contribution in [3.8, 4) is 17.1 Å². The number of quaternary nitrogens is 1. The number of ether oxygens (including phenoxy) is 1. The van der Waals surface area contributed by atoms with Crippen LogP contribution in [0.5, 0.6) is 0 Å². The number of nitrogens with zero attached hydrogens (tertiary/aromatic N) is 8. The third-order valence-electron chi connectivity index (χ3n) is 17.4. The summed E-state index contributed by atoms with van der Waals surface area (Å²) in [6.07, 6.45) is 9.35. The van der Waals surface area contributed by atoms with Gasteiger partial charge in [0.05, 0.1) is 69.5 Å². The third-order valence-corrected chi connectivity index (χ3v) is 19.7. The van der Waals surface area contributed by atoms with Crippen molar-refractivity contribution in [1.82, 2.24) is 50.5 Å². The van der Waals surface area contributed by atoms with Gasteiger partial charge in [0.1, 0.15) is 13.1 Å². The molecule has 5 heterocycles. The van der Waals surface area contributed by atoms with Crippen LogP contribution in [0.25, 0.3) is 52.0 Å². The second-order valence-electron chi connectivity index (χ2n) is 25.2. The quantitative estimate of drug-likeness (QED) is 0.0638. The van der Waals surface area contributed by atoms with Crippen LogP contribution in [0.15, 0.2) is 158 Å². The maximum Gasteiger partial charge on any atom is 0.330 e. The molecule has 0 bridgehead atoms. The molecule has 3 amide bonds. The van der Waals surface area contributed by atoms with Gasteiger partial charge in [-0.1, -0.05) is 171 Å². The standard InChI is InChI=1S/C28H22Cl3N3O3.C26H27Cl3N4O.C24H23Cl3N4O2/c1-16(13-18-7-6-10-20(29)14-18)26-17(2)24(33-34(26)23-12-11-21(30)15-22(23)31)27(35)32-25(28(36)37)19-8-4-3-5-9-19;1-17(15-19-7-9-20(27)10-8-19)25-18(2)24(26(34)31-33(3)13-5-4-6-14-33)30-32(25)23-12-11-21(28)16-22(23)29;1-15(12-17-4-3-5-18(25)13-17)23-16(2)22(24(32)29-30-8-10-33-11-9-30)28-31(23)21-7-6-19(26)14-20(21)27/h3-15,25H,1-2H3,(H,32,35)(H,36,37);7-12,15-16H,4-6,13-14H2,1-3H3;3-7,12-14H,8-11H2,1-2H3,(H,29,32)/p+1/b16-13+;17-15+;15-12+. The van der Waals surface area contributed by atoms with Crippen LogP contribution in [-0.2, 0) is 9.53 Å². The number of hydrazine groups is 1. The number of amides is 3. The van der Waals surface area contributed by atoms with E-state index in [0.29, 0.717) is 121 Å². The van der Waals surface area contributed by atoms with E-state index in [-0.39, 0.29) is 17.5 Å². The first-order chi connectivity index (χ1) is 49.6. The van der Waals surface area contributed by atoms with Crippen LogP contribution in [0.3, 0.4) is 0 Å². The second kappa shape index (κ2) is 35.2. The lowest BCUT2D eigenvalue weighted by Crippen LogP contribution is -2.59. The minimum Gasteiger partial charge on any atom is -0.479 e. The number of allylic oxidation sites excluding steroid dienone is 3. The lowest BCUT2D eigenvalue weighted by molar-refractivity contribution is -0.947. The molecule has 0 saturated carbocycles. The van der Waals surface area contributed by atoms with E-state index in [1.165, 1.54) is 6.42 Å². The Labute approximate surface area is 648 Å². The Balaban J connectivity index is 0.000000168. The van der Waals surface area contributed by atoms with E-state index in [1.807, 2.05) is 131 Å². The Hall–Kier alpha value is -8.24. The number of aliphatic carboxylic acids is 1. The number of halogens is 9. The highest BCUT2D eigenvalue weighted by molar-refractivity contribution is 6.37. The van der Waals surface area contributed by atoms with E-state index in [0.717, 1.165) is 81.9 Å². The van der Waals surface area contributed by atoms with Crippen molar-refractivity contribution in [3.05, 3.63) is 276 Å². The van der Waals surface area contributed by atoms with Gasteiger partial charge < -0.3 is 15.2 Å². The Morgan fingerprint density at radius 2 is 0.865 bits per heavy atom. The Morgan fingerprint density at radius 1 is 0.471 bits per heavy atom. The second-order valence-corrected chi connectivity index (χ2v) is 29.0. The topological polar surface area (TPSA) is 191 Å². The number of morpholine rings is 1. The molecular weight excluding hydrogens is 1510 g/mol. The summed E-state index contributed by atoms with van der Waals surface area (Å²) in [7, 11) is 2.06. The van der Waals surface area contributed by atoms with E-state index >= 15 is 0 Å². The van der Waals surface area contributed by atoms with Gasteiger partial charge in [-0.3, -0.25) is 19.8 Å². The zero-order chi connectivity index (χ0) is 74.7. The molecule has 2 fully saturated rings. The van der Waals surface area contributed by atoms with Crippen molar-refractivity contribution in [2.75, 3.05) is 46.4 Å². The highest BCUT2D eigenvalue weighted by Gasteiger charge is 2.33. The number of aromatic nitrogens is 6. The van der Waals surface area contributed by atoms with Crippen molar-refractivity contribution >= 4 is 163 Å². The summed E-state index contributed by atoms with van der Waals surface area (Å²) in [5.74, 6) is -2.29. The van der Waals surface area contributed by atoms with E-state index in [2.05, 4.69) is 33.4 Å². The minimum absolute atomic E-state index is 0.0713. The molecule has 10 aromatic rings. The zero-order valence-electron chi connectivity index (χ0n) is 57.7. The predicted molar refractivity (Wildman–Crippen MR) is 421 cm³/mol. The van der Waals surface area contributed by atoms with Crippen molar-refractivity contribution in [1.29, 1.82) is 0 Å². The van der Waals surface area contributed by atoms with Gasteiger partial charge in [0.25, 0.3) is 11.8 Å². The molecule has 3 aromatic heterocycles. The lowest BCUT2D eigenvalue weighted by atomic mass is 10.0. The number of carboxylic acids is 1. The number of carbonyl (C=O) groups excluding carboxylic acids is 3. The minimum atomic E-state index is -1.25. The maximum atomic E-state index is 13.4. The first kappa shape index (κ1) is 78.4. The smallest absolute Gasteiger partial charge is 0.330 e. The summed E-state index contributed by atoms with van der Waals surface area (Å²) in [5, 5.41) is 32.9. The van der Waals surface area contributed by atoms with Crippen molar-refractivity contribution < 1.29 is 33.6 Å². The fraction of sp³-hybridized carbons (Fsp3) is 0.218. The van der Waals surface area contributed by atoms with Crippen molar-refractivity contribution in [2.24, 2.45) is 0 Å². The fourth-order valence-corrected chi connectivity index (χ4v) is 14.3. The number of likely N-dealkylation sites (tertiary alicyclic amines) is 1. The van der Waals surface area contributed by atoms with Gasteiger partial charge >= 0.3 is 11.9 Å². The molecule has 2 aliphatic heterocycles. The number of hydrogen-bond acceptors (Lipinski definition) is 9. The number of carbonyl (C=O) groups is 4. The van der Waals surface area contributed by atoms with Crippen LogP contribution in [0.2, 0.25) is 45.2 Å². The summed E-state index contributed by atoms with van der Waals surface area (Å²) in [4.78, 5) is 51.9. The average Bonchev–Trinajstić information content (AvgIpc) is 1.63. The highest BCUT2D eigenvalue weighted by atomic mass is 35.5. The Bertz CT molecular complexity index is 4940. The molecule has 0 aliphatic carbocycles. The van der Waals surface area contributed by atoms with Crippen molar-refractivity contribution in [2.45, 2.75) is 66.8 Å². The van der Waals surface area contributed by atoms with Crippen LogP contribution in [-0.4, -0.2) is 114 Å². The number of nitrogens with one attached hydrogen (secondary N) is 3.